The average Bonchev–Trinajstić information content (AvgIpc) is 3.25. The standard InChI is InChI=1S/C19H19BrN4O/c20-17-8-4-7-16(11-17)13-24-14-18(21-22-24)19-23(9-10-25-19)12-15-5-2-1-3-6-15/h1-8,11,14,19H,9-10,12-13H2/t19-/m0/s1. The highest BCUT2D eigenvalue weighted by Crippen LogP contribution is 2.27. The summed E-state index contributed by atoms with van der Waals surface area (Å²) in [5.74, 6) is 0. The largest absolute Gasteiger partial charge is 0.356 e. The summed E-state index contributed by atoms with van der Waals surface area (Å²) in [6.45, 7) is 3.16. The van der Waals surface area contributed by atoms with E-state index < -0.39 is 0 Å². The van der Waals surface area contributed by atoms with Gasteiger partial charge in [0.1, 0.15) is 5.69 Å². The van der Waals surface area contributed by atoms with Crippen molar-refractivity contribution in [1.29, 1.82) is 0 Å². The predicted molar refractivity (Wildman–Crippen MR) is 98.8 cm³/mol. The molecule has 0 unspecified atom stereocenters. The highest BCUT2D eigenvalue weighted by atomic mass is 79.9. The number of ether oxygens (including phenoxy) is 1. The highest BCUT2D eigenvalue weighted by Gasteiger charge is 2.29. The van der Waals surface area contributed by atoms with Crippen molar-refractivity contribution in [1.82, 2.24) is 19.9 Å². The normalized spacial score (nSPS) is 17.9. The molecule has 0 spiro atoms. The van der Waals surface area contributed by atoms with Crippen LogP contribution in [-0.4, -0.2) is 33.0 Å². The minimum Gasteiger partial charge on any atom is -0.356 e. The van der Waals surface area contributed by atoms with Crippen LogP contribution in [0.25, 0.3) is 0 Å². The Morgan fingerprint density at radius 1 is 1.04 bits per heavy atom. The third-order valence-electron chi connectivity index (χ3n) is 4.26. The Kier molecular flexibility index (Phi) is 4.92. The van der Waals surface area contributed by atoms with Gasteiger partial charge in [0.05, 0.1) is 19.3 Å². The number of nitrogens with zero attached hydrogens (tertiary/aromatic N) is 4. The lowest BCUT2D eigenvalue weighted by molar-refractivity contribution is 0.0252. The van der Waals surface area contributed by atoms with Crippen LogP contribution in [0.5, 0.6) is 0 Å². The third-order valence-corrected chi connectivity index (χ3v) is 4.75. The van der Waals surface area contributed by atoms with E-state index in [1.165, 1.54) is 11.1 Å². The first-order valence-corrected chi connectivity index (χ1v) is 9.11. The summed E-state index contributed by atoms with van der Waals surface area (Å²) in [4.78, 5) is 2.29. The number of aromatic nitrogens is 3. The molecule has 0 aliphatic carbocycles. The van der Waals surface area contributed by atoms with E-state index in [0.29, 0.717) is 6.54 Å². The van der Waals surface area contributed by atoms with Gasteiger partial charge in [-0.05, 0) is 23.3 Å². The maximum Gasteiger partial charge on any atom is 0.157 e. The van der Waals surface area contributed by atoms with Gasteiger partial charge in [0.15, 0.2) is 6.23 Å². The molecule has 5 nitrogen and oxygen atoms in total. The number of hydrogen-bond donors (Lipinski definition) is 0. The minimum absolute atomic E-state index is 0.128. The Morgan fingerprint density at radius 2 is 1.88 bits per heavy atom. The molecule has 0 N–H and O–H groups in total. The zero-order valence-electron chi connectivity index (χ0n) is 13.8. The summed E-state index contributed by atoms with van der Waals surface area (Å²) >= 11 is 3.50. The van der Waals surface area contributed by atoms with Crippen molar-refractivity contribution in [2.75, 3.05) is 13.2 Å². The molecule has 0 bridgehead atoms. The zero-order chi connectivity index (χ0) is 17.1. The van der Waals surface area contributed by atoms with Crippen molar-refractivity contribution in [3.8, 4) is 0 Å². The van der Waals surface area contributed by atoms with Crippen LogP contribution < -0.4 is 0 Å². The van der Waals surface area contributed by atoms with Crippen LogP contribution in [-0.2, 0) is 17.8 Å². The van der Waals surface area contributed by atoms with Crippen molar-refractivity contribution in [3.63, 3.8) is 0 Å². The molecule has 1 saturated heterocycles. The molecule has 3 aromatic rings. The number of benzene rings is 2. The minimum atomic E-state index is -0.128. The van der Waals surface area contributed by atoms with Crippen molar-refractivity contribution in [2.45, 2.75) is 19.3 Å². The van der Waals surface area contributed by atoms with Crippen LogP contribution in [0.3, 0.4) is 0 Å². The van der Waals surface area contributed by atoms with Crippen molar-refractivity contribution < 1.29 is 4.74 Å². The van der Waals surface area contributed by atoms with Gasteiger partial charge in [-0.15, -0.1) is 5.10 Å². The van der Waals surface area contributed by atoms with Gasteiger partial charge in [-0.2, -0.15) is 0 Å². The van der Waals surface area contributed by atoms with Crippen LogP contribution in [0.4, 0.5) is 0 Å². The Hall–Kier alpha value is -2.02. The van der Waals surface area contributed by atoms with Crippen molar-refractivity contribution >= 4 is 15.9 Å². The molecule has 4 rings (SSSR count). The fourth-order valence-corrected chi connectivity index (χ4v) is 3.53. The highest BCUT2D eigenvalue weighted by molar-refractivity contribution is 9.10. The quantitative estimate of drug-likeness (QED) is 0.658. The Bertz CT molecular complexity index is 836. The maximum absolute atomic E-state index is 5.91. The summed E-state index contributed by atoms with van der Waals surface area (Å²) < 4.78 is 8.84. The van der Waals surface area contributed by atoms with E-state index in [1.807, 2.05) is 29.1 Å². The van der Waals surface area contributed by atoms with Gasteiger partial charge < -0.3 is 4.74 Å². The maximum atomic E-state index is 5.91. The van der Waals surface area contributed by atoms with E-state index in [9.17, 15) is 0 Å². The smallest absolute Gasteiger partial charge is 0.157 e. The Balaban J connectivity index is 1.47. The molecule has 0 amide bonds. The first-order chi connectivity index (χ1) is 12.3. The lowest BCUT2D eigenvalue weighted by atomic mass is 10.2. The second kappa shape index (κ2) is 7.47. The van der Waals surface area contributed by atoms with Gasteiger partial charge in [-0.3, -0.25) is 4.90 Å². The molecule has 1 fully saturated rings. The Labute approximate surface area is 155 Å². The van der Waals surface area contributed by atoms with E-state index in [-0.39, 0.29) is 6.23 Å². The topological polar surface area (TPSA) is 43.2 Å². The van der Waals surface area contributed by atoms with Gasteiger partial charge in [-0.1, -0.05) is 63.6 Å². The molecular formula is C19H19BrN4O. The lowest BCUT2D eigenvalue weighted by Crippen LogP contribution is -2.23. The molecule has 0 saturated carbocycles. The van der Waals surface area contributed by atoms with Crippen LogP contribution >= 0.6 is 15.9 Å². The monoisotopic (exact) mass is 398 g/mol. The Morgan fingerprint density at radius 3 is 2.72 bits per heavy atom. The molecule has 1 aromatic heterocycles. The summed E-state index contributed by atoms with van der Waals surface area (Å²) in [7, 11) is 0. The van der Waals surface area contributed by atoms with Gasteiger partial charge >= 0.3 is 0 Å². The van der Waals surface area contributed by atoms with Crippen LogP contribution in [0, 0.1) is 0 Å². The molecule has 0 radical (unpaired) electrons. The molecule has 25 heavy (non-hydrogen) atoms. The molecule has 2 aromatic carbocycles. The summed E-state index contributed by atoms with van der Waals surface area (Å²) in [5, 5.41) is 8.62. The zero-order valence-corrected chi connectivity index (χ0v) is 15.3. The average molecular weight is 399 g/mol. The SMILES string of the molecule is Brc1cccc(Cn2cc([C@@H]3OCCN3Cc3ccccc3)nn2)c1. The van der Waals surface area contributed by atoms with Gasteiger partial charge in [0.25, 0.3) is 0 Å². The first kappa shape index (κ1) is 16.4. The molecule has 1 aliphatic rings. The van der Waals surface area contributed by atoms with E-state index in [0.717, 1.165) is 29.9 Å². The van der Waals surface area contributed by atoms with Crippen LogP contribution in [0.1, 0.15) is 23.0 Å². The summed E-state index contributed by atoms with van der Waals surface area (Å²) in [5.41, 5.74) is 3.32. The van der Waals surface area contributed by atoms with Gasteiger partial charge in [0.2, 0.25) is 0 Å². The number of rotatable bonds is 5. The molecular weight excluding hydrogens is 380 g/mol. The second-order valence-electron chi connectivity index (χ2n) is 6.15. The van der Waals surface area contributed by atoms with Crippen molar-refractivity contribution in [3.05, 3.63) is 82.1 Å². The van der Waals surface area contributed by atoms with E-state index >= 15 is 0 Å². The van der Waals surface area contributed by atoms with E-state index in [2.05, 4.69) is 67.5 Å². The molecule has 128 valence electrons. The first-order valence-electron chi connectivity index (χ1n) is 8.32. The lowest BCUT2D eigenvalue weighted by Gasteiger charge is -2.20. The van der Waals surface area contributed by atoms with Crippen molar-refractivity contribution in [2.24, 2.45) is 0 Å². The van der Waals surface area contributed by atoms with E-state index in [1.54, 1.807) is 0 Å². The fraction of sp³-hybridized carbons (Fsp3) is 0.263. The molecule has 1 atom stereocenters. The van der Waals surface area contributed by atoms with Crippen LogP contribution in [0.2, 0.25) is 0 Å². The number of hydrogen-bond acceptors (Lipinski definition) is 4. The summed E-state index contributed by atoms with van der Waals surface area (Å²) in [6.07, 6.45) is 1.85. The van der Waals surface area contributed by atoms with Gasteiger partial charge in [0, 0.05) is 17.6 Å². The van der Waals surface area contributed by atoms with Gasteiger partial charge in [-0.25, -0.2) is 4.68 Å². The summed E-state index contributed by atoms with van der Waals surface area (Å²) in [6, 6.07) is 18.7. The second-order valence-corrected chi connectivity index (χ2v) is 7.07. The molecule has 1 aliphatic heterocycles. The third kappa shape index (κ3) is 3.98. The number of halogens is 1. The molecule has 6 heteroatoms. The van der Waals surface area contributed by atoms with Crippen LogP contribution in [0.15, 0.2) is 65.3 Å². The fourth-order valence-electron chi connectivity index (χ4n) is 3.08. The van der Waals surface area contributed by atoms with E-state index in [4.69, 9.17) is 4.74 Å². The predicted octanol–water partition coefficient (Wildman–Crippen LogP) is 3.62. The molecule has 2 heterocycles.